The van der Waals surface area contributed by atoms with Crippen LogP contribution in [0.1, 0.15) is 28.9 Å². The van der Waals surface area contributed by atoms with Gasteiger partial charge in [-0.2, -0.15) is 0 Å². The Hall–Kier alpha value is -1.88. The van der Waals surface area contributed by atoms with Crippen molar-refractivity contribution in [3.8, 4) is 5.75 Å². The van der Waals surface area contributed by atoms with E-state index in [2.05, 4.69) is 21.2 Å². The van der Waals surface area contributed by atoms with Crippen molar-refractivity contribution in [2.45, 2.75) is 13.0 Å². The first-order valence-electron chi connectivity index (χ1n) is 6.41. The van der Waals surface area contributed by atoms with Gasteiger partial charge in [0.25, 0.3) is 5.91 Å². The quantitative estimate of drug-likeness (QED) is 0.900. The predicted octanol–water partition coefficient (Wildman–Crippen LogP) is 4.09. The molecule has 0 heterocycles. The molecule has 0 aliphatic heterocycles. The van der Waals surface area contributed by atoms with Gasteiger partial charge in [0.05, 0.1) is 18.7 Å². The van der Waals surface area contributed by atoms with Crippen LogP contribution in [-0.2, 0) is 0 Å². The predicted molar refractivity (Wildman–Crippen MR) is 83.0 cm³/mol. The number of halogens is 2. The molecular formula is C16H15BrFNO2. The Morgan fingerprint density at radius 3 is 2.71 bits per heavy atom. The van der Waals surface area contributed by atoms with Crippen molar-refractivity contribution >= 4 is 21.8 Å². The molecular weight excluding hydrogens is 337 g/mol. The van der Waals surface area contributed by atoms with Gasteiger partial charge in [0.2, 0.25) is 0 Å². The van der Waals surface area contributed by atoms with E-state index >= 15 is 0 Å². The van der Waals surface area contributed by atoms with Crippen LogP contribution in [0.25, 0.3) is 0 Å². The molecule has 1 unspecified atom stereocenters. The zero-order valence-corrected chi connectivity index (χ0v) is 13.3. The summed E-state index contributed by atoms with van der Waals surface area (Å²) < 4.78 is 19.2. The Bertz CT molecular complexity index is 660. The third kappa shape index (κ3) is 3.82. The van der Waals surface area contributed by atoms with E-state index in [1.54, 1.807) is 37.3 Å². The zero-order valence-electron chi connectivity index (χ0n) is 11.7. The number of nitrogens with one attached hydrogen (secondary N) is 1. The number of hydrogen-bond acceptors (Lipinski definition) is 2. The van der Waals surface area contributed by atoms with Gasteiger partial charge in [-0.3, -0.25) is 4.79 Å². The molecule has 0 saturated heterocycles. The Kier molecular flexibility index (Phi) is 4.96. The Balaban J connectivity index is 2.18. The van der Waals surface area contributed by atoms with Crippen LogP contribution < -0.4 is 10.1 Å². The molecule has 2 aromatic carbocycles. The van der Waals surface area contributed by atoms with E-state index in [-0.39, 0.29) is 17.8 Å². The highest BCUT2D eigenvalue weighted by Gasteiger charge is 2.16. The number of ether oxygens (including phenoxy) is 1. The van der Waals surface area contributed by atoms with Gasteiger partial charge >= 0.3 is 0 Å². The van der Waals surface area contributed by atoms with E-state index in [9.17, 15) is 9.18 Å². The fourth-order valence-corrected chi connectivity index (χ4v) is 2.33. The van der Waals surface area contributed by atoms with E-state index in [1.165, 1.54) is 19.2 Å². The van der Waals surface area contributed by atoms with Crippen LogP contribution in [-0.4, -0.2) is 13.0 Å². The minimum Gasteiger partial charge on any atom is -0.496 e. The molecule has 0 aliphatic rings. The molecule has 0 saturated carbocycles. The molecule has 0 radical (unpaired) electrons. The molecule has 1 N–H and O–H groups in total. The van der Waals surface area contributed by atoms with Crippen LogP contribution in [0.3, 0.4) is 0 Å². The summed E-state index contributed by atoms with van der Waals surface area (Å²) in [6.07, 6.45) is 0. The maximum atomic E-state index is 13.2. The maximum Gasteiger partial charge on any atom is 0.255 e. The average molecular weight is 352 g/mol. The van der Waals surface area contributed by atoms with Crippen LogP contribution in [0, 0.1) is 5.82 Å². The van der Waals surface area contributed by atoms with Gasteiger partial charge in [0, 0.05) is 4.47 Å². The molecule has 5 heteroatoms. The lowest BCUT2D eigenvalue weighted by molar-refractivity contribution is 0.0936. The number of carbonyl (C=O) groups is 1. The molecule has 0 bridgehead atoms. The van der Waals surface area contributed by atoms with Crippen molar-refractivity contribution in [3.63, 3.8) is 0 Å². The second-order valence-electron chi connectivity index (χ2n) is 4.59. The van der Waals surface area contributed by atoms with E-state index in [0.29, 0.717) is 16.9 Å². The highest BCUT2D eigenvalue weighted by molar-refractivity contribution is 9.10. The lowest BCUT2D eigenvalue weighted by Gasteiger charge is -2.16. The average Bonchev–Trinajstić information content (AvgIpc) is 2.46. The van der Waals surface area contributed by atoms with Gasteiger partial charge in [-0.25, -0.2) is 4.39 Å². The molecule has 0 fully saturated rings. The lowest BCUT2D eigenvalue weighted by Crippen LogP contribution is -2.27. The third-order valence-corrected chi connectivity index (χ3v) is 3.60. The van der Waals surface area contributed by atoms with Crippen LogP contribution in [0.5, 0.6) is 5.75 Å². The minimum atomic E-state index is -0.324. The molecule has 0 aromatic heterocycles. The summed E-state index contributed by atoms with van der Waals surface area (Å²) in [7, 11) is 1.51. The summed E-state index contributed by atoms with van der Waals surface area (Å²) in [6, 6.07) is 11.0. The molecule has 21 heavy (non-hydrogen) atoms. The molecule has 1 atom stereocenters. The van der Waals surface area contributed by atoms with Crippen molar-refractivity contribution in [2.75, 3.05) is 7.11 Å². The molecule has 0 aliphatic carbocycles. The fraction of sp³-hybridized carbons (Fsp3) is 0.188. The molecule has 2 aromatic rings. The smallest absolute Gasteiger partial charge is 0.255 e. The highest BCUT2D eigenvalue weighted by atomic mass is 79.9. The Morgan fingerprint density at radius 1 is 1.29 bits per heavy atom. The second-order valence-corrected chi connectivity index (χ2v) is 5.51. The third-order valence-electron chi connectivity index (χ3n) is 3.10. The SMILES string of the molecule is COc1cc(Br)ccc1C(=O)NC(C)c1cccc(F)c1. The summed E-state index contributed by atoms with van der Waals surface area (Å²) in [5, 5.41) is 2.83. The van der Waals surface area contributed by atoms with Crippen LogP contribution in [0.15, 0.2) is 46.9 Å². The molecule has 2 rings (SSSR count). The summed E-state index contributed by atoms with van der Waals surface area (Å²) >= 11 is 3.33. The Labute approximate surface area is 131 Å². The van der Waals surface area contributed by atoms with Gasteiger partial charge < -0.3 is 10.1 Å². The number of carbonyl (C=O) groups excluding carboxylic acids is 1. The summed E-state index contributed by atoms with van der Waals surface area (Å²) in [6.45, 7) is 1.80. The molecule has 110 valence electrons. The first kappa shape index (κ1) is 15.5. The fourth-order valence-electron chi connectivity index (χ4n) is 1.99. The van der Waals surface area contributed by atoms with E-state index in [1.807, 2.05) is 0 Å². The minimum absolute atomic E-state index is 0.267. The topological polar surface area (TPSA) is 38.3 Å². The summed E-state index contributed by atoms with van der Waals surface area (Å²) in [5.41, 5.74) is 1.14. The number of rotatable bonds is 4. The standard InChI is InChI=1S/C16H15BrFNO2/c1-10(11-4-3-5-13(18)8-11)19-16(20)14-7-6-12(17)9-15(14)21-2/h3-10H,1-2H3,(H,19,20). The lowest BCUT2D eigenvalue weighted by atomic mass is 10.1. The van der Waals surface area contributed by atoms with Gasteiger partial charge in [-0.15, -0.1) is 0 Å². The van der Waals surface area contributed by atoms with Crippen molar-refractivity contribution in [1.82, 2.24) is 5.32 Å². The van der Waals surface area contributed by atoms with E-state index in [0.717, 1.165) is 4.47 Å². The van der Waals surface area contributed by atoms with E-state index in [4.69, 9.17) is 4.74 Å². The van der Waals surface area contributed by atoms with Crippen molar-refractivity contribution in [2.24, 2.45) is 0 Å². The number of amides is 1. The molecule has 1 amide bonds. The maximum absolute atomic E-state index is 13.2. The number of methoxy groups -OCH3 is 1. The molecule has 0 spiro atoms. The Morgan fingerprint density at radius 2 is 2.05 bits per heavy atom. The van der Waals surface area contributed by atoms with E-state index < -0.39 is 0 Å². The van der Waals surface area contributed by atoms with Crippen molar-refractivity contribution < 1.29 is 13.9 Å². The molecule has 3 nitrogen and oxygen atoms in total. The zero-order chi connectivity index (χ0) is 15.4. The summed E-state index contributed by atoms with van der Waals surface area (Å²) in [4.78, 5) is 12.3. The number of benzene rings is 2. The van der Waals surface area contributed by atoms with Gasteiger partial charge in [-0.05, 0) is 42.8 Å². The van der Waals surface area contributed by atoms with Crippen LogP contribution in [0.2, 0.25) is 0 Å². The van der Waals surface area contributed by atoms with Crippen LogP contribution >= 0.6 is 15.9 Å². The van der Waals surface area contributed by atoms with Crippen molar-refractivity contribution in [1.29, 1.82) is 0 Å². The normalized spacial score (nSPS) is 11.8. The largest absolute Gasteiger partial charge is 0.496 e. The summed E-state index contributed by atoms with van der Waals surface area (Å²) in [5.74, 6) is -0.112. The monoisotopic (exact) mass is 351 g/mol. The van der Waals surface area contributed by atoms with Gasteiger partial charge in [0.1, 0.15) is 11.6 Å². The van der Waals surface area contributed by atoms with Gasteiger partial charge in [0.15, 0.2) is 0 Å². The first-order chi connectivity index (χ1) is 10.0. The van der Waals surface area contributed by atoms with Crippen LogP contribution in [0.4, 0.5) is 4.39 Å². The van der Waals surface area contributed by atoms with Gasteiger partial charge in [-0.1, -0.05) is 28.1 Å². The number of hydrogen-bond donors (Lipinski definition) is 1. The first-order valence-corrected chi connectivity index (χ1v) is 7.20. The van der Waals surface area contributed by atoms with Crippen molar-refractivity contribution in [3.05, 3.63) is 63.9 Å². The highest BCUT2D eigenvalue weighted by Crippen LogP contribution is 2.24. The second kappa shape index (κ2) is 6.72.